The van der Waals surface area contributed by atoms with E-state index in [-0.39, 0.29) is 4.90 Å². The number of anilines is 1. The van der Waals surface area contributed by atoms with E-state index in [1.165, 1.54) is 6.20 Å². The fourth-order valence-corrected chi connectivity index (χ4v) is 5.68. The number of hydrogen-bond donors (Lipinski definition) is 0. The maximum atomic E-state index is 12.9. The van der Waals surface area contributed by atoms with Crippen LogP contribution in [0.3, 0.4) is 0 Å². The number of sulfonamides is 1. The number of likely N-dealkylation sites (N-methyl/N-ethyl adjacent to an activating group) is 1. The first-order valence-corrected chi connectivity index (χ1v) is 12.2. The third-order valence-electron chi connectivity index (χ3n) is 6.30. The van der Waals surface area contributed by atoms with Crippen LogP contribution in [0.25, 0.3) is 11.1 Å². The van der Waals surface area contributed by atoms with Gasteiger partial charge in [-0.3, -0.25) is 0 Å². The monoisotopic (exact) mass is 441 g/mol. The predicted octanol–water partition coefficient (Wildman–Crippen LogP) is 2.54. The number of rotatable bonds is 4. The molecule has 8 nitrogen and oxygen atoms in total. The van der Waals surface area contributed by atoms with Crippen molar-refractivity contribution >= 4 is 26.9 Å². The molecule has 0 spiro atoms. The minimum atomic E-state index is -3.49. The van der Waals surface area contributed by atoms with E-state index in [1.807, 2.05) is 37.4 Å². The maximum Gasteiger partial charge on any atom is 0.244 e. The number of piperazine rings is 1. The van der Waals surface area contributed by atoms with Gasteiger partial charge in [0.1, 0.15) is 16.2 Å². The number of fused-ring (bicyclic) bond motifs is 1. The van der Waals surface area contributed by atoms with Crippen LogP contribution in [0.1, 0.15) is 24.7 Å². The highest BCUT2D eigenvalue weighted by molar-refractivity contribution is 7.89. The molecule has 4 heterocycles. The number of benzene rings is 1. The topological polar surface area (TPSA) is 82.8 Å². The molecule has 31 heavy (non-hydrogen) atoms. The molecule has 0 aliphatic carbocycles. The van der Waals surface area contributed by atoms with Crippen molar-refractivity contribution < 1.29 is 12.8 Å². The number of piperidine rings is 1. The summed E-state index contributed by atoms with van der Waals surface area (Å²) in [6, 6.07) is 11.4. The number of oxazole rings is 1. The van der Waals surface area contributed by atoms with Gasteiger partial charge in [0, 0.05) is 51.4 Å². The van der Waals surface area contributed by atoms with Crippen molar-refractivity contribution in [3.05, 3.63) is 48.5 Å². The number of pyridine rings is 1. The molecular formula is C22H27N5O3S. The molecule has 2 aliphatic heterocycles. The van der Waals surface area contributed by atoms with Crippen LogP contribution in [-0.2, 0) is 10.0 Å². The van der Waals surface area contributed by atoms with Crippen molar-refractivity contribution in [1.82, 2.24) is 19.2 Å². The highest BCUT2D eigenvalue weighted by Crippen LogP contribution is 2.31. The molecule has 2 fully saturated rings. The molecular weight excluding hydrogens is 414 g/mol. The summed E-state index contributed by atoms with van der Waals surface area (Å²) in [5.41, 5.74) is 1.73. The Balaban J connectivity index is 1.24. The Bertz CT molecular complexity index is 1110. The largest absolute Gasteiger partial charge is 0.440 e. The molecule has 0 bridgehead atoms. The lowest BCUT2D eigenvalue weighted by atomic mass is 9.97. The number of para-hydroxylation sites is 2. The van der Waals surface area contributed by atoms with Crippen LogP contribution in [0.5, 0.6) is 0 Å². The molecule has 2 saturated heterocycles. The average Bonchev–Trinajstić information content (AvgIpc) is 3.24. The smallest absolute Gasteiger partial charge is 0.244 e. The van der Waals surface area contributed by atoms with Gasteiger partial charge in [-0.2, -0.15) is 4.31 Å². The van der Waals surface area contributed by atoms with Gasteiger partial charge in [-0.15, -0.1) is 0 Å². The fraction of sp³-hybridized carbons (Fsp3) is 0.455. The van der Waals surface area contributed by atoms with Crippen molar-refractivity contribution in [2.24, 2.45) is 0 Å². The van der Waals surface area contributed by atoms with Crippen molar-refractivity contribution in [2.75, 3.05) is 51.2 Å². The summed E-state index contributed by atoms with van der Waals surface area (Å²) in [6.07, 6.45) is 3.35. The zero-order chi connectivity index (χ0) is 21.4. The molecule has 5 rings (SSSR count). The molecule has 0 atom stereocenters. The first kappa shape index (κ1) is 20.4. The Kier molecular flexibility index (Phi) is 5.41. The summed E-state index contributed by atoms with van der Waals surface area (Å²) >= 11 is 0. The van der Waals surface area contributed by atoms with Crippen molar-refractivity contribution in [3.8, 4) is 0 Å². The molecule has 164 valence electrons. The first-order valence-electron chi connectivity index (χ1n) is 10.8. The SMILES string of the molecule is CN1CCN(S(=O)(=O)c2ccc(N3CCC(c4nc5ccccc5o4)CC3)nc2)CC1. The highest BCUT2D eigenvalue weighted by atomic mass is 32.2. The van der Waals surface area contributed by atoms with Crippen LogP contribution >= 0.6 is 0 Å². The van der Waals surface area contributed by atoms with E-state index in [2.05, 4.69) is 19.8 Å². The van der Waals surface area contributed by atoms with Crippen LogP contribution < -0.4 is 4.90 Å². The molecule has 0 amide bonds. The highest BCUT2D eigenvalue weighted by Gasteiger charge is 2.29. The Labute approximate surface area is 182 Å². The van der Waals surface area contributed by atoms with Gasteiger partial charge in [-0.05, 0) is 44.2 Å². The summed E-state index contributed by atoms with van der Waals surface area (Å²) in [5.74, 6) is 1.91. The summed E-state index contributed by atoms with van der Waals surface area (Å²) in [5, 5.41) is 0. The molecule has 0 radical (unpaired) electrons. The summed E-state index contributed by atoms with van der Waals surface area (Å²) in [6.45, 7) is 4.20. The van der Waals surface area contributed by atoms with Gasteiger partial charge in [0.2, 0.25) is 10.0 Å². The second-order valence-corrected chi connectivity index (χ2v) is 10.3. The second-order valence-electron chi connectivity index (χ2n) is 8.34. The first-order chi connectivity index (χ1) is 15.0. The van der Waals surface area contributed by atoms with Gasteiger partial charge < -0.3 is 14.2 Å². The van der Waals surface area contributed by atoms with Crippen LogP contribution in [0.15, 0.2) is 51.9 Å². The van der Waals surface area contributed by atoms with Gasteiger partial charge in [0.15, 0.2) is 11.5 Å². The zero-order valence-electron chi connectivity index (χ0n) is 17.6. The molecule has 1 aromatic carbocycles. The lowest BCUT2D eigenvalue weighted by molar-refractivity contribution is 0.222. The summed E-state index contributed by atoms with van der Waals surface area (Å²) in [4.78, 5) is 13.7. The Morgan fingerprint density at radius 3 is 2.39 bits per heavy atom. The summed E-state index contributed by atoms with van der Waals surface area (Å²) in [7, 11) is -1.48. The quantitative estimate of drug-likeness (QED) is 0.615. The van der Waals surface area contributed by atoms with Gasteiger partial charge >= 0.3 is 0 Å². The summed E-state index contributed by atoms with van der Waals surface area (Å²) < 4.78 is 33.3. The molecule has 9 heteroatoms. The van der Waals surface area contributed by atoms with E-state index >= 15 is 0 Å². The molecule has 0 saturated carbocycles. The van der Waals surface area contributed by atoms with E-state index in [1.54, 1.807) is 10.4 Å². The molecule has 0 N–H and O–H groups in total. The van der Waals surface area contributed by atoms with Crippen molar-refractivity contribution in [2.45, 2.75) is 23.7 Å². The minimum absolute atomic E-state index is 0.266. The third-order valence-corrected chi connectivity index (χ3v) is 8.18. The van der Waals surface area contributed by atoms with Crippen molar-refractivity contribution in [3.63, 3.8) is 0 Å². The van der Waals surface area contributed by atoms with E-state index in [0.717, 1.165) is 61.8 Å². The number of hydrogen-bond acceptors (Lipinski definition) is 7. The van der Waals surface area contributed by atoms with Crippen LogP contribution in [0.2, 0.25) is 0 Å². The van der Waals surface area contributed by atoms with Gasteiger partial charge in [-0.1, -0.05) is 12.1 Å². The predicted molar refractivity (Wildman–Crippen MR) is 119 cm³/mol. The van der Waals surface area contributed by atoms with E-state index in [9.17, 15) is 8.42 Å². The second kappa shape index (κ2) is 8.22. The van der Waals surface area contributed by atoms with Crippen LogP contribution in [-0.4, -0.2) is 73.9 Å². The van der Waals surface area contributed by atoms with Gasteiger partial charge in [0.25, 0.3) is 0 Å². The van der Waals surface area contributed by atoms with Crippen molar-refractivity contribution in [1.29, 1.82) is 0 Å². The van der Waals surface area contributed by atoms with Gasteiger partial charge in [-0.25, -0.2) is 18.4 Å². The number of nitrogens with zero attached hydrogens (tertiary/aromatic N) is 5. The molecule has 2 aliphatic rings. The van der Waals surface area contributed by atoms with E-state index in [0.29, 0.717) is 19.0 Å². The standard InChI is InChI=1S/C22H27N5O3S/c1-25-12-14-27(15-13-25)31(28,29)18-6-7-21(23-16-18)26-10-8-17(9-11-26)22-24-19-4-2-3-5-20(19)30-22/h2-7,16-17H,8-15H2,1H3. The zero-order valence-corrected chi connectivity index (χ0v) is 18.5. The fourth-order valence-electron chi connectivity index (χ4n) is 4.31. The molecule has 3 aromatic rings. The molecule has 2 aromatic heterocycles. The minimum Gasteiger partial charge on any atom is -0.440 e. The maximum absolute atomic E-state index is 12.9. The Hall–Kier alpha value is -2.49. The van der Waals surface area contributed by atoms with E-state index in [4.69, 9.17) is 4.42 Å². The lowest BCUT2D eigenvalue weighted by Crippen LogP contribution is -2.47. The number of aromatic nitrogens is 2. The lowest BCUT2D eigenvalue weighted by Gasteiger charge is -2.32. The van der Waals surface area contributed by atoms with Crippen LogP contribution in [0, 0.1) is 0 Å². The normalized spacial score (nSPS) is 19.8. The average molecular weight is 442 g/mol. The van der Waals surface area contributed by atoms with E-state index < -0.39 is 10.0 Å². The third kappa shape index (κ3) is 4.05. The Morgan fingerprint density at radius 1 is 0.968 bits per heavy atom. The Morgan fingerprint density at radius 2 is 1.71 bits per heavy atom. The van der Waals surface area contributed by atoms with Crippen LogP contribution in [0.4, 0.5) is 5.82 Å². The molecule has 0 unspecified atom stereocenters. The van der Waals surface area contributed by atoms with Gasteiger partial charge in [0.05, 0.1) is 0 Å².